The van der Waals surface area contributed by atoms with E-state index in [1.807, 2.05) is 24.3 Å². The first-order valence-corrected chi connectivity index (χ1v) is 9.66. The maximum atomic E-state index is 12.7. The minimum atomic E-state index is -3.90. The van der Waals surface area contributed by atoms with Gasteiger partial charge in [0.05, 0.1) is 12.0 Å². The maximum absolute atomic E-state index is 12.7. The molecule has 0 radical (unpaired) electrons. The molecule has 29 heavy (non-hydrogen) atoms. The van der Waals surface area contributed by atoms with Crippen molar-refractivity contribution < 1.29 is 17.9 Å². The highest BCUT2D eigenvalue weighted by atomic mass is 35.5. The van der Waals surface area contributed by atoms with Crippen LogP contribution >= 0.6 is 12.4 Å². The molecule has 0 heterocycles. The molecule has 0 aliphatic carbocycles. The van der Waals surface area contributed by atoms with Crippen LogP contribution in [0, 0.1) is 10.8 Å². The van der Waals surface area contributed by atoms with Gasteiger partial charge in [-0.2, -0.15) is 4.72 Å². The molecule has 0 amide bonds. The second kappa shape index (κ2) is 12.5. The van der Waals surface area contributed by atoms with E-state index in [9.17, 15) is 13.2 Å². The number of nitrogens with two attached hydrogens (primary N) is 2. The second-order valence-electron chi connectivity index (χ2n) is 5.65. The number of halogens is 1. The molecular weight excluding hydrogens is 420 g/mol. The van der Waals surface area contributed by atoms with E-state index >= 15 is 0 Å². The molecule has 0 aromatic heterocycles. The van der Waals surface area contributed by atoms with Gasteiger partial charge in [0, 0.05) is 17.3 Å². The third-order valence-electron chi connectivity index (χ3n) is 3.76. The molecule has 5 N–H and O–H groups in total. The van der Waals surface area contributed by atoms with Crippen LogP contribution in [-0.4, -0.2) is 40.0 Å². The average Bonchev–Trinajstić information content (AvgIpc) is 2.70. The molecular formula is C17H23ClN6O4S. The van der Waals surface area contributed by atoms with Crippen LogP contribution in [-0.2, 0) is 19.6 Å². The van der Waals surface area contributed by atoms with E-state index in [2.05, 4.69) is 9.71 Å². The van der Waals surface area contributed by atoms with Crippen molar-refractivity contribution in [2.45, 2.75) is 23.8 Å². The molecule has 12 heteroatoms. The third-order valence-corrected chi connectivity index (χ3v) is 5.23. The van der Waals surface area contributed by atoms with E-state index < -0.39 is 22.0 Å². The van der Waals surface area contributed by atoms with Crippen molar-refractivity contribution in [2.75, 3.05) is 13.7 Å². The van der Waals surface area contributed by atoms with Gasteiger partial charge in [0.1, 0.15) is 6.04 Å². The molecule has 0 spiro atoms. The number of guanidine groups is 1. The Hall–Kier alpha value is -2.94. The van der Waals surface area contributed by atoms with E-state index in [4.69, 9.17) is 27.0 Å². The van der Waals surface area contributed by atoms with Gasteiger partial charge in [-0.3, -0.25) is 9.79 Å². The maximum Gasteiger partial charge on any atom is 0.323 e. The molecule has 0 bridgehead atoms. The van der Waals surface area contributed by atoms with E-state index in [1.165, 1.54) is 13.2 Å². The zero-order valence-corrected chi connectivity index (χ0v) is 17.3. The highest BCUT2D eigenvalue weighted by molar-refractivity contribution is 7.89. The minimum Gasteiger partial charge on any atom is -0.468 e. The molecule has 2 aromatic carbocycles. The van der Waals surface area contributed by atoms with E-state index in [0.717, 1.165) is 10.8 Å². The van der Waals surface area contributed by atoms with Gasteiger partial charge < -0.3 is 16.2 Å². The van der Waals surface area contributed by atoms with Crippen LogP contribution in [0.1, 0.15) is 12.8 Å². The molecule has 0 saturated carbocycles. The van der Waals surface area contributed by atoms with E-state index in [1.54, 1.807) is 12.1 Å². The molecule has 0 unspecified atom stereocenters. The molecule has 0 saturated heterocycles. The van der Waals surface area contributed by atoms with Crippen molar-refractivity contribution in [3.63, 3.8) is 0 Å². The number of benzene rings is 2. The number of ether oxygens (including phenoxy) is 1. The fourth-order valence-electron chi connectivity index (χ4n) is 2.46. The topological polar surface area (TPSA) is 184 Å². The summed E-state index contributed by atoms with van der Waals surface area (Å²) in [5.41, 5.74) is 10.5. The number of nitrogens with one attached hydrogen (secondary N) is 1. The first-order valence-electron chi connectivity index (χ1n) is 8.18. The summed E-state index contributed by atoms with van der Waals surface area (Å²) in [5.74, 6) is -0.726. The quantitative estimate of drug-likeness (QED) is 0.178. The van der Waals surface area contributed by atoms with Crippen LogP contribution in [0.5, 0.6) is 0 Å². The van der Waals surface area contributed by atoms with Crippen molar-refractivity contribution in [1.29, 1.82) is 10.8 Å². The largest absolute Gasteiger partial charge is 0.468 e. The number of rotatable bonds is 8. The Balaban J connectivity index is 0.00000253. The van der Waals surface area contributed by atoms with Crippen molar-refractivity contribution in [1.82, 2.24) is 4.72 Å². The highest BCUT2D eigenvalue weighted by Gasteiger charge is 2.26. The van der Waals surface area contributed by atoms with Crippen LogP contribution in [0.25, 0.3) is 10.8 Å². The SMILES string of the molecule is COC(=O)[C@H](CCCN=C(N)N)NS(=O)(=O)c1ccc2ccccc2c1.Cl.N#N. The average molecular weight is 443 g/mol. The Morgan fingerprint density at radius 3 is 2.38 bits per heavy atom. The number of carbonyl (C=O) groups is 1. The van der Waals surface area contributed by atoms with Crippen molar-refractivity contribution in [3.8, 4) is 0 Å². The minimum absolute atomic E-state index is 0. The number of methoxy groups -OCH3 is 1. The number of fused-ring (bicyclic) bond motifs is 1. The Morgan fingerprint density at radius 1 is 1.17 bits per heavy atom. The second-order valence-corrected chi connectivity index (χ2v) is 7.37. The lowest BCUT2D eigenvalue weighted by atomic mass is 10.1. The number of hydrogen-bond acceptors (Lipinski definition) is 7. The van der Waals surface area contributed by atoms with Crippen LogP contribution in [0.3, 0.4) is 0 Å². The zero-order chi connectivity index (χ0) is 21.2. The summed E-state index contributed by atoms with van der Waals surface area (Å²) in [6.07, 6.45) is 0.619. The predicted molar refractivity (Wildman–Crippen MR) is 111 cm³/mol. The summed E-state index contributed by atoms with van der Waals surface area (Å²) in [4.78, 5) is 15.8. The smallest absolute Gasteiger partial charge is 0.323 e. The summed E-state index contributed by atoms with van der Waals surface area (Å²) in [6, 6.07) is 11.2. The lowest BCUT2D eigenvalue weighted by Crippen LogP contribution is -2.41. The fourth-order valence-corrected chi connectivity index (χ4v) is 3.71. The van der Waals surface area contributed by atoms with Crippen molar-refractivity contribution in [2.24, 2.45) is 16.5 Å². The summed E-state index contributed by atoms with van der Waals surface area (Å²) in [7, 11) is -2.69. The van der Waals surface area contributed by atoms with Gasteiger partial charge in [0.15, 0.2) is 5.96 Å². The Labute approximate surface area is 175 Å². The predicted octanol–water partition coefficient (Wildman–Crippen LogP) is 1.17. The Bertz CT molecular complexity index is 961. The molecule has 0 aliphatic rings. The molecule has 2 rings (SSSR count). The standard InChI is InChI=1S/C17H22N4O4S.ClH.N2/c1-25-16(22)15(7-4-10-20-17(18)19)21-26(23,24)14-9-8-12-5-2-3-6-13(12)11-14;;1-2/h2-3,5-6,8-9,11,15,21H,4,7,10H2,1H3,(H4,18,19,20);1H;/t15-;;/m0../s1. The highest BCUT2D eigenvalue weighted by Crippen LogP contribution is 2.19. The van der Waals surface area contributed by atoms with E-state index in [0.29, 0.717) is 6.42 Å². The lowest BCUT2D eigenvalue weighted by molar-refractivity contribution is -0.142. The number of carbonyl (C=O) groups excluding carboxylic acids is 1. The molecule has 158 valence electrons. The number of sulfonamides is 1. The van der Waals surface area contributed by atoms with Crippen LogP contribution < -0.4 is 16.2 Å². The van der Waals surface area contributed by atoms with E-state index in [-0.39, 0.29) is 36.2 Å². The van der Waals surface area contributed by atoms with Gasteiger partial charge in [-0.25, -0.2) is 8.42 Å². The third kappa shape index (κ3) is 7.90. The summed E-state index contributed by atoms with van der Waals surface area (Å²) in [5, 5.41) is 13.7. The number of nitrogens with zero attached hydrogens (tertiary/aromatic N) is 3. The summed E-state index contributed by atoms with van der Waals surface area (Å²) in [6.45, 7) is 0.285. The van der Waals surface area contributed by atoms with Crippen LogP contribution in [0.4, 0.5) is 0 Å². The number of aliphatic imine (C=N–C) groups is 1. The molecule has 0 aliphatic heterocycles. The van der Waals surface area contributed by atoms with Crippen LogP contribution in [0.15, 0.2) is 52.4 Å². The monoisotopic (exact) mass is 442 g/mol. The zero-order valence-electron chi connectivity index (χ0n) is 15.7. The first-order chi connectivity index (χ1) is 13.3. The Morgan fingerprint density at radius 2 is 1.79 bits per heavy atom. The van der Waals surface area contributed by atoms with Crippen molar-refractivity contribution >= 4 is 45.1 Å². The molecule has 10 nitrogen and oxygen atoms in total. The van der Waals surface area contributed by atoms with Gasteiger partial charge in [-0.05, 0) is 35.7 Å². The first kappa shape index (κ1) is 26.1. The fraction of sp³-hybridized carbons (Fsp3) is 0.294. The van der Waals surface area contributed by atoms with Gasteiger partial charge in [0.25, 0.3) is 0 Å². The summed E-state index contributed by atoms with van der Waals surface area (Å²) < 4.78 is 32.4. The number of esters is 1. The molecule has 0 fully saturated rings. The molecule has 1 atom stereocenters. The lowest BCUT2D eigenvalue weighted by Gasteiger charge is -2.16. The van der Waals surface area contributed by atoms with Gasteiger partial charge >= 0.3 is 5.97 Å². The normalized spacial score (nSPS) is 11.3. The van der Waals surface area contributed by atoms with Gasteiger partial charge in [0.2, 0.25) is 10.0 Å². The van der Waals surface area contributed by atoms with Gasteiger partial charge in [-0.15, -0.1) is 12.4 Å². The number of hydrogen-bond donors (Lipinski definition) is 3. The van der Waals surface area contributed by atoms with Gasteiger partial charge in [-0.1, -0.05) is 30.3 Å². The molecule has 2 aromatic rings. The Kier molecular flexibility index (Phi) is 11.2. The van der Waals surface area contributed by atoms with Crippen molar-refractivity contribution in [3.05, 3.63) is 42.5 Å². The summed E-state index contributed by atoms with van der Waals surface area (Å²) >= 11 is 0. The van der Waals surface area contributed by atoms with Crippen LogP contribution in [0.2, 0.25) is 0 Å².